The molecule has 2 unspecified atom stereocenters. The van der Waals surface area contributed by atoms with Gasteiger partial charge in [-0.1, -0.05) is 20.8 Å². The highest BCUT2D eigenvalue weighted by Crippen LogP contribution is 2.62. The highest BCUT2D eigenvalue weighted by atomic mass is 16.6. The first kappa shape index (κ1) is 13.1. The van der Waals surface area contributed by atoms with Gasteiger partial charge in [-0.25, -0.2) is 0 Å². The number of nitrogens with one attached hydrogen (secondary N) is 1. The first-order chi connectivity index (χ1) is 9.37. The molecule has 1 saturated carbocycles. The number of amides is 1. The van der Waals surface area contributed by atoms with Crippen molar-refractivity contribution in [2.45, 2.75) is 27.2 Å². The number of likely N-dealkylation sites (tertiary alicyclic amines) is 1. The third kappa shape index (κ3) is 1.65. The number of hydrogen-bond acceptors (Lipinski definition) is 4. The molecule has 1 aliphatic carbocycles. The maximum atomic E-state index is 12.4. The van der Waals surface area contributed by atoms with Crippen molar-refractivity contribution in [3.63, 3.8) is 0 Å². The number of aryl methyl sites for hydroxylation is 1. The lowest BCUT2D eigenvalue weighted by molar-refractivity contribution is -0.385. The predicted molar refractivity (Wildman–Crippen MR) is 71.3 cm³/mol. The van der Waals surface area contributed by atoms with Crippen LogP contribution in [0.1, 0.15) is 37.0 Å². The Morgan fingerprint density at radius 3 is 2.60 bits per heavy atom. The van der Waals surface area contributed by atoms with Gasteiger partial charge in [0.15, 0.2) is 0 Å². The third-order valence-corrected chi connectivity index (χ3v) is 4.96. The number of fused-ring (bicyclic) bond motifs is 1. The van der Waals surface area contributed by atoms with Crippen molar-refractivity contribution in [1.82, 2.24) is 15.1 Å². The molecule has 1 saturated heterocycles. The molecule has 1 amide bonds. The Morgan fingerprint density at radius 2 is 2.10 bits per heavy atom. The summed E-state index contributed by atoms with van der Waals surface area (Å²) in [5.74, 6) is 0.723. The van der Waals surface area contributed by atoms with Crippen molar-refractivity contribution in [2.75, 3.05) is 13.1 Å². The average Bonchev–Trinajstić information content (AvgIpc) is 2.89. The van der Waals surface area contributed by atoms with Gasteiger partial charge in [-0.2, -0.15) is 5.10 Å². The van der Waals surface area contributed by atoms with Gasteiger partial charge in [0.25, 0.3) is 5.91 Å². The number of nitro groups is 1. The molecule has 0 aromatic carbocycles. The van der Waals surface area contributed by atoms with Gasteiger partial charge in [-0.3, -0.25) is 20.0 Å². The average molecular weight is 278 g/mol. The number of carbonyl (C=O) groups is 1. The summed E-state index contributed by atoms with van der Waals surface area (Å²) in [6.07, 6.45) is 0.453. The van der Waals surface area contributed by atoms with Crippen LogP contribution in [0.25, 0.3) is 0 Å². The fourth-order valence-electron chi connectivity index (χ4n) is 3.41. The van der Waals surface area contributed by atoms with Gasteiger partial charge in [0, 0.05) is 13.1 Å². The largest absolute Gasteiger partial charge is 0.336 e. The Kier molecular flexibility index (Phi) is 2.64. The molecule has 1 aliphatic heterocycles. The van der Waals surface area contributed by atoms with Crippen LogP contribution in [0, 0.1) is 27.4 Å². The number of hydrogen-bond donors (Lipinski definition) is 1. The van der Waals surface area contributed by atoms with Gasteiger partial charge < -0.3 is 4.90 Å². The SMILES string of the molecule is CCc1[nH]nc(C(=O)N2CC3C(C2)C3(C)C)c1[N+](=O)[O-]. The normalized spacial score (nSPS) is 26.4. The summed E-state index contributed by atoms with van der Waals surface area (Å²) in [6, 6.07) is 0. The van der Waals surface area contributed by atoms with Crippen molar-refractivity contribution < 1.29 is 9.72 Å². The number of nitrogens with zero attached hydrogens (tertiary/aromatic N) is 3. The van der Waals surface area contributed by atoms with E-state index in [0.717, 1.165) is 0 Å². The van der Waals surface area contributed by atoms with E-state index in [2.05, 4.69) is 24.0 Å². The van der Waals surface area contributed by atoms with Crippen LogP contribution in [0.15, 0.2) is 0 Å². The van der Waals surface area contributed by atoms with E-state index in [1.54, 1.807) is 11.8 Å². The van der Waals surface area contributed by atoms with Gasteiger partial charge in [-0.05, 0) is 23.7 Å². The monoisotopic (exact) mass is 278 g/mol. The van der Waals surface area contributed by atoms with Crippen LogP contribution in [0.5, 0.6) is 0 Å². The lowest BCUT2D eigenvalue weighted by Gasteiger charge is -2.20. The summed E-state index contributed by atoms with van der Waals surface area (Å²) >= 11 is 0. The Balaban J connectivity index is 1.83. The Labute approximate surface area is 116 Å². The summed E-state index contributed by atoms with van der Waals surface area (Å²) < 4.78 is 0. The van der Waals surface area contributed by atoms with Crippen LogP contribution < -0.4 is 0 Å². The van der Waals surface area contributed by atoms with Crippen molar-refractivity contribution in [2.24, 2.45) is 17.3 Å². The molecule has 20 heavy (non-hydrogen) atoms. The fraction of sp³-hybridized carbons (Fsp3) is 0.692. The van der Waals surface area contributed by atoms with Gasteiger partial charge in [-0.15, -0.1) is 0 Å². The highest BCUT2D eigenvalue weighted by molar-refractivity contribution is 5.96. The van der Waals surface area contributed by atoms with E-state index in [1.165, 1.54) is 0 Å². The van der Waals surface area contributed by atoms with Crippen molar-refractivity contribution in [1.29, 1.82) is 0 Å². The molecule has 1 aromatic rings. The highest BCUT2D eigenvalue weighted by Gasteiger charge is 2.63. The van der Waals surface area contributed by atoms with Crippen LogP contribution in [0.4, 0.5) is 5.69 Å². The number of aromatic nitrogens is 2. The van der Waals surface area contributed by atoms with E-state index >= 15 is 0 Å². The number of aromatic amines is 1. The number of carbonyl (C=O) groups excluding carboxylic acids is 1. The minimum absolute atomic E-state index is 0.0500. The van der Waals surface area contributed by atoms with Gasteiger partial charge >= 0.3 is 5.69 Å². The minimum atomic E-state index is -0.518. The molecule has 0 bridgehead atoms. The van der Waals surface area contributed by atoms with Crippen LogP contribution in [-0.4, -0.2) is 39.0 Å². The molecule has 7 nitrogen and oxygen atoms in total. The van der Waals surface area contributed by atoms with Gasteiger partial charge in [0.05, 0.1) is 4.92 Å². The smallest absolute Gasteiger partial charge is 0.322 e. The number of H-pyrrole nitrogens is 1. The molecule has 1 aromatic heterocycles. The Morgan fingerprint density at radius 1 is 1.50 bits per heavy atom. The lowest BCUT2D eigenvalue weighted by Crippen LogP contribution is -2.33. The molecular formula is C13H18N4O3. The second-order valence-corrected chi connectivity index (χ2v) is 6.25. The predicted octanol–water partition coefficient (Wildman–Crippen LogP) is 1.61. The Hall–Kier alpha value is -1.92. The van der Waals surface area contributed by atoms with E-state index in [4.69, 9.17) is 0 Å². The maximum absolute atomic E-state index is 12.4. The zero-order chi connectivity index (χ0) is 14.7. The minimum Gasteiger partial charge on any atom is -0.336 e. The fourth-order valence-corrected chi connectivity index (χ4v) is 3.41. The van der Waals surface area contributed by atoms with Gasteiger partial charge in [0.1, 0.15) is 5.69 Å². The van der Waals surface area contributed by atoms with Crippen LogP contribution in [0.3, 0.4) is 0 Å². The molecule has 2 atom stereocenters. The molecule has 1 N–H and O–H groups in total. The van der Waals surface area contributed by atoms with Crippen molar-refractivity contribution >= 4 is 11.6 Å². The summed E-state index contributed by atoms with van der Waals surface area (Å²) in [7, 11) is 0. The topological polar surface area (TPSA) is 92.1 Å². The molecular weight excluding hydrogens is 260 g/mol. The molecule has 3 rings (SSSR count). The molecule has 2 heterocycles. The second-order valence-electron chi connectivity index (χ2n) is 6.25. The van der Waals surface area contributed by atoms with E-state index in [9.17, 15) is 14.9 Å². The van der Waals surface area contributed by atoms with Crippen LogP contribution in [0.2, 0.25) is 0 Å². The van der Waals surface area contributed by atoms with E-state index in [1.807, 2.05) is 0 Å². The maximum Gasteiger partial charge on any atom is 0.322 e. The van der Waals surface area contributed by atoms with E-state index in [0.29, 0.717) is 42.5 Å². The quantitative estimate of drug-likeness (QED) is 0.671. The summed E-state index contributed by atoms with van der Waals surface area (Å²) in [4.78, 5) is 24.7. The molecule has 0 radical (unpaired) electrons. The van der Waals surface area contributed by atoms with Crippen molar-refractivity contribution in [3.8, 4) is 0 Å². The Bertz CT molecular complexity index is 578. The zero-order valence-electron chi connectivity index (χ0n) is 11.8. The van der Waals surface area contributed by atoms with E-state index < -0.39 is 4.92 Å². The third-order valence-electron chi connectivity index (χ3n) is 4.96. The van der Waals surface area contributed by atoms with Crippen LogP contribution >= 0.6 is 0 Å². The zero-order valence-corrected chi connectivity index (χ0v) is 11.8. The summed E-state index contributed by atoms with van der Waals surface area (Å²) in [5.41, 5.74) is 0.495. The number of rotatable bonds is 3. The molecule has 0 spiro atoms. The standard InChI is InChI=1S/C13H18N4O3/c1-4-9-11(17(19)20)10(15-14-9)12(18)16-5-7-8(6-16)13(7,2)3/h7-8H,4-6H2,1-3H3,(H,14,15). The van der Waals surface area contributed by atoms with Gasteiger partial charge in [0.2, 0.25) is 5.69 Å². The lowest BCUT2D eigenvalue weighted by atomic mass is 10.1. The number of piperidine rings is 1. The first-order valence-electron chi connectivity index (χ1n) is 6.88. The molecule has 7 heteroatoms. The second kappa shape index (κ2) is 4.04. The van der Waals surface area contributed by atoms with E-state index in [-0.39, 0.29) is 17.3 Å². The molecule has 2 aliphatic rings. The van der Waals surface area contributed by atoms with Crippen LogP contribution in [-0.2, 0) is 6.42 Å². The molecule has 2 fully saturated rings. The summed E-state index contributed by atoms with van der Waals surface area (Å²) in [5, 5.41) is 17.6. The first-order valence-corrected chi connectivity index (χ1v) is 6.88. The summed E-state index contributed by atoms with van der Waals surface area (Å²) in [6.45, 7) is 7.57. The molecule has 108 valence electrons. The van der Waals surface area contributed by atoms with Crippen molar-refractivity contribution in [3.05, 3.63) is 21.5 Å².